The minimum Gasteiger partial charge on any atom is -0.462 e. The maximum Gasteiger partial charge on any atom is 0.303 e. The molecule has 0 aliphatic heterocycles. The number of carbonyl (C=O) groups is 2. The summed E-state index contributed by atoms with van der Waals surface area (Å²) < 4.78 is 11.5. The predicted octanol–water partition coefficient (Wildman–Crippen LogP) is 6.70. The Morgan fingerprint density at radius 2 is 1.61 bits per heavy atom. The molecule has 0 aromatic rings. The van der Waals surface area contributed by atoms with Gasteiger partial charge in [0, 0.05) is 25.7 Å². The van der Waals surface area contributed by atoms with E-state index in [1.165, 1.54) is 52.4 Å². The van der Waals surface area contributed by atoms with Crippen LogP contribution in [0.1, 0.15) is 119 Å². The summed E-state index contributed by atoms with van der Waals surface area (Å²) in [5.41, 5.74) is -1.16. The first-order valence-electron chi connectivity index (χ1n) is 14.9. The van der Waals surface area contributed by atoms with Gasteiger partial charge < -0.3 is 14.6 Å². The SMILES string of the molecule is CC(=O)O[C@@H]1CC[C@]2(C)[C@@H]3CC[C@@]4(C)[C@H](CC[C@H]4[C@H](C)CCCC(C)C)[C@@H]3C[C@@H](OC(C)=O)[C@@]2(O)C1. The van der Waals surface area contributed by atoms with Crippen LogP contribution in [0.5, 0.6) is 0 Å². The molecule has 206 valence electrons. The van der Waals surface area contributed by atoms with Crippen molar-refractivity contribution in [3.63, 3.8) is 0 Å². The molecule has 0 amide bonds. The molecule has 4 fully saturated rings. The van der Waals surface area contributed by atoms with Crippen LogP contribution in [0.4, 0.5) is 0 Å². The summed E-state index contributed by atoms with van der Waals surface area (Å²) in [4.78, 5) is 23.9. The van der Waals surface area contributed by atoms with Crippen molar-refractivity contribution in [3.05, 3.63) is 0 Å². The number of aliphatic hydroxyl groups is 1. The number of ether oxygens (including phenoxy) is 2. The molecule has 5 heteroatoms. The molecule has 5 nitrogen and oxygen atoms in total. The van der Waals surface area contributed by atoms with E-state index >= 15 is 0 Å². The third kappa shape index (κ3) is 4.76. The molecule has 4 saturated carbocycles. The Labute approximate surface area is 219 Å². The van der Waals surface area contributed by atoms with Gasteiger partial charge in [-0.15, -0.1) is 0 Å². The molecular weight excluding hydrogens is 452 g/mol. The first-order chi connectivity index (χ1) is 16.8. The highest BCUT2D eigenvalue weighted by Gasteiger charge is 2.68. The second-order valence-corrected chi connectivity index (χ2v) is 14.1. The molecule has 36 heavy (non-hydrogen) atoms. The van der Waals surface area contributed by atoms with Gasteiger partial charge in [0.05, 0.1) is 0 Å². The predicted molar refractivity (Wildman–Crippen MR) is 141 cm³/mol. The molecule has 4 rings (SSSR count). The number of fused-ring (bicyclic) bond motifs is 5. The lowest BCUT2D eigenvalue weighted by Crippen LogP contribution is -2.69. The highest BCUT2D eigenvalue weighted by molar-refractivity contribution is 5.66. The molecule has 0 radical (unpaired) electrons. The van der Waals surface area contributed by atoms with Gasteiger partial charge in [-0.3, -0.25) is 9.59 Å². The zero-order valence-corrected chi connectivity index (χ0v) is 24.0. The van der Waals surface area contributed by atoms with Crippen molar-refractivity contribution in [1.29, 1.82) is 0 Å². The minimum atomic E-state index is -1.16. The second-order valence-electron chi connectivity index (χ2n) is 14.1. The summed E-state index contributed by atoms with van der Waals surface area (Å²) in [6.45, 7) is 14.8. The van der Waals surface area contributed by atoms with Crippen LogP contribution in [-0.2, 0) is 19.1 Å². The first kappa shape index (κ1) is 27.9. The number of esters is 2. The van der Waals surface area contributed by atoms with Crippen LogP contribution in [-0.4, -0.2) is 34.9 Å². The molecule has 0 aromatic heterocycles. The monoisotopic (exact) mass is 504 g/mol. The summed E-state index contributed by atoms with van der Waals surface area (Å²) in [6.07, 6.45) is 10.7. The lowest BCUT2D eigenvalue weighted by atomic mass is 9.42. The Kier molecular flexibility index (Phi) is 7.93. The molecule has 0 saturated heterocycles. The van der Waals surface area contributed by atoms with Gasteiger partial charge in [-0.1, -0.05) is 53.9 Å². The first-order valence-corrected chi connectivity index (χ1v) is 14.9. The normalized spacial score (nSPS) is 44.8. The van der Waals surface area contributed by atoms with Gasteiger partial charge in [0.1, 0.15) is 17.8 Å². The highest BCUT2D eigenvalue weighted by Crippen LogP contribution is 2.69. The molecule has 4 aliphatic rings. The van der Waals surface area contributed by atoms with E-state index in [1.807, 2.05) is 0 Å². The van der Waals surface area contributed by atoms with Gasteiger partial charge in [-0.2, -0.15) is 0 Å². The largest absolute Gasteiger partial charge is 0.462 e. The van der Waals surface area contributed by atoms with Crippen molar-refractivity contribution < 1.29 is 24.2 Å². The standard InChI is InChI=1S/C31H52O5/c1-19(2)9-8-10-20(3)25-11-12-26-24-17-28(36-22(5)33)31(34)18-23(35-21(4)32)13-16-30(31,7)27(24)14-15-29(25,26)6/h19-20,23-28,34H,8-18H2,1-7H3/t20-,23-,24+,25+,26-,27-,28-,29-,30-,31+/m1/s1. The molecule has 1 N–H and O–H groups in total. The molecule has 0 unspecified atom stereocenters. The smallest absolute Gasteiger partial charge is 0.303 e. The van der Waals surface area contributed by atoms with Crippen LogP contribution in [0.2, 0.25) is 0 Å². The van der Waals surface area contributed by atoms with Crippen LogP contribution in [0.25, 0.3) is 0 Å². The van der Waals surface area contributed by atoms with E-state index in [2.05, 4.69) is 34.6 Å². The van der Waals surface area contributed by atoms with Crippen LogP contribution in [0, 0.1) is 46.3 Å². The third-order valence-electron chi connectivity index (χ3n) is 11.6. The molecule has 0 aromatic carbocycles. The fourth-order valence-electron chi connectivity index (χ4n) is 9.92. The number of hydrogen-bond acceptors (Lipinski definition) is 5. The lowest BCUT2D eigenvalue weighted by Gasteiger charge is -2.65. The van der Waals surface area contributed by atoms with E-state index in [1.54, 1.807) is 0 Å². The number of carbonyl (C=O) groups excluding carboxylic acids is 2. The Morgan fingerprint density at radius 3 is 2.25 bits per heavy atom. The second kappa shape index (κ2) is 10.2. The van der Waals surface area contributed by atoms with Gasteiger partial charge in [0.2, 0.25) is 0 Å². The minimum absolute atomic E-state index is 0.308. The van der Waals surface area contributed by atoms with Crippen molar-refractivity contribution in [2.45, 2.75) is 137 Å². The van der Waals surface area contributed by atoms with Crippen LogP contribution in [0.3, 0.4) is 0 Å². The average molecular weight is 505 g/mol. The molecule has 10 atom stereocenters. The van der Waals surface area contributed by atoms with E-state index in [0.29, 0.717) is 29.6 Å². The van der Waals surface area contributed by atoms with E-state index in [0.717, 1.165) is 43.4 Å². The van der Waals surface area contributed by atoms with Crippen molar-refractivity contribution >= 4 is 11.9 Å². The van der Waals surface area contributed by atoms with Crippen LogP contribution >= 0.6 is 0 Å². The van der Waals surface area contributed by atoms with E-state index < -0.39 is 11.7 Å². The van der Waals surface area contributed by atoms with Crippen LogP contribution < -0.4 is 0 Å². The fourth-order valence-corrected chi connectivity index (χ4v) is 9.92. The summed E-state index contributed by atoms with van der Waals surface area (Å²) >= 11 is 0. The van der Waals surface area contributed by atoms with Crippen LogP contribution in [0.15, 0.2) is 0 Å². The summed E-state index contributed by atoms with van der Waals surface area (Å²) in [5, 5.41) is 12.3. The quantitative estimate of drug-likeness (QED) is 0.391. The highest BCUT2D eigenvalue weighted by atomic mass is 16.6. The molecule has 0 spiro atoms. The molecular formula is C31H52O5. The summed E-state index contributed by atoms with van der Waals surface area (Å²) in [5.74, 6) is 3.15. The lowest BCUT2D eigenvalue weighted by molar-refractivity contribution is -0.271. The van der Waals surface area contributed by atoms with Crippen molar-refractivity contribution in [1.82, 2.24) is 0 Å². The number of rotatable bonds is 7. The van der Waals surface area contributed by atoms with Crippen molar-refractivity contribution in [3.8, 4) is 0 Å². The Bertz CT molecular complexity index is 824. The zero-order valence-electron chi connectivity index (χ0n) is 24.0. The van der Waals surface area contributed by atoms with Gasteiger partial charge >= 0.3 is 11.9 Å². The zero-order chi connectivity index (χ0) is 26.5. The summed E-state index contributed by atoms with van der Waals surface area (Å²) in [6, 6.07) is 0. The molecule has 4 aliphatic carbocycles. The van der Waals surface area contributed by atoms with Gasteiger partial charge in [-0.25, -0.2) is 0 Å². The average Bonchev–Trinajstić information content (AvgIpc) is 3.12. The maximum absolute atomic E-state index is 12.3. The van der Waals surface area contributed by atoms with Crippen molar-refractivity contribution in [2.24, 2.45) is 46.3 Å². The van der Waals surface area contributed by atoms with E-state index in [9.17, 15) is 14.7 Å². The Balaban J connectivity index is 1.59. The maximum atomic E-state index is 12.3. The van der Waals surface area contributed by atoms with Gasteiger partial charge in [0.15, 0.2) is 0 Å². The topological polar surface area (TPSA) is 72.8 Å². The summed E-state index contributed by atoms with van der Waals surface area (Å²) in [7, 11) is 0. The fraction of sp³-hybridized carbons (Fsp3) is 0.935. The van der Waals surface area contributed by atoms with Crippen molar-refractivity contribution in [2.75, 3.05) is 0 Å². The Hall–Kier alpha value is -1.10. The molecule has 0 heterocycles. The number of hydrogen-bond donors (Lipinski definition) is 1. The third-order valence-corrected chi connectivity index (χ3v) is 11.6. The van der Waals surface area contributed by atoms with E-state index in [-0.39, 0.29) is 23.5 Å². The van der Waals surface area contributed by atoms with Gasteiger partial charge in [-0.05, 0) is 85.9 Å². The molecule has 0 bridgehead atoms. The van der Waals surface area contributed by atoms with E-state index in [4.69, 9.17) is 9.47 Å². The Morgan fingerprint density at radius 1 is 0.917 bits per heavy atom. The van der Waals surface area contributed by atoms with Gasteiger partial charge in [0.25, 0.3) is 0 Å².